The summed E-state index contributed by atoms with van der Waals surface area (Å²) in [6, 6.07) is 1.68. The van der Waals surface area contributed by atoms with Crippen LogP contribution in [0.5, 0.6) is 0 Å². The van der Waals surface area contributed by atoms with E-state index in [1.165, 1.54) is 25.1 Å². The van der Waals surface area contributed by atoms with Crippen LogP contribution < -0.4 is 5.32 Å². The SMILES string of the molecule is O=C(NC1CC12CC2)c1ccncc1F. The summed E-state index contributed by atoms with van der Waals surface area (Å²) in [5, 5.41) is 2.86. The molecular weight excluding hydrogens is 195 g/mol. The van der Waals surface area contributed by atoms with Gasteiger partial charge in [0.1, 0.15) is 0 Å². The first kappa shape index (κ1) is 8.83. The van der Waals surface area contributed by atoms with E-state index in [-0.39, 0.29) is 17.5 Å². The largest absolute Gasteiger partial charge is 0.349 e. The van der Waals surface area contributed by atoms with Gasteiger partial charge in [0.15, 0.2) is 5.82 Å². The standard InChI is InChI=1S/C11H11FN2O/c12-8-6-13-4-1-7(8)10(15)14-9-5-11(9)2-3-11/h1,4,6,9H,2-3,5H2,(H,14,15). The summed E-state index contributed by atoms with van der Waals surface area (Å²) >= 11 is 0. The van der Waals surface area contributed by atoms with Gasteiger partial charge in [-0.2, -0.15) is 0 Å². The van der Waals surface area contributed by atoms with E-state index in [9.17, 15) is 9.18 Å². The Labute approximate surface area is 86.7 Å². The van der Waals surface area contributed by atoms with Gasteiger partial charge >= 0.3 is 0 Å². The van der Waals surface area contributed by atoms with E-state index in [2.05, 4.69) is 10.3 Å². The van der Waals surface area contributed by atoms with Crippen molar-refractivity contribution < 1.29 is 9.18 Å². The molecule has 0 saturated heterocycles. The topological polar surface area (TPSA) is 42.0 Å². The van der Waals surface area contributed by atoms with Crippen LogP contribution in [-0.4, -0.2) is 16.9 Å². The summed E-state index contributed by atoms with van der Waals surface area (Å²) in [6.07, 6.45) is 5.96. The highest BCUT2D eigenvalue weighted by molar-refractivity contribution is 5.94. The summed E-state index contributed by atoms with van der Waals surface area (Å²) in [6.45, 7) is 0. The van der Waals surface area contributed by atoms with Crippen LogP contribution in [0, 0.1) is 11.2 Å². The summed E-state index contributed by atoms with van der Waals surface area (Å²) in [5.41, 5.74) is 0.492. The summed E-state index contributed by atoms with van der Waals surface area (Å²) < 4.78 is 13.2. The number of hydrogen-bond donors (Lipinski definition) is 1. The van der Waals surface area contributed by atoms with Crippen molar-refractivity contribution in [1.29, 1.82) is 0 Å². The molecule has 0 aromatic carbocycles. The quantitative estimate of drug-likeness (QED) is 0.796. The monoisotopic (exact) mass is 206 g/mol. The van der Waals surface area contributed by atoms with Crippen LogP contribution in [0.3, 0.4) is 0 Å². The molecule has 2 aliphatic rings. The predicted octanol–water partition coefficient (Wildman–Crippen LogP) is 1.50. The van der Waals surface area contributed by atoms with E-state index in [1.807, 2.05) is 0 Å². The van der Waals surface area contributed by atoms with E-state index in [1.54, 1.807) is 0 Å². The molecule has 4 heteroatoms. The zero-order valence-corrected chi connectivity index (χ0v) is 8.16. The summed E-state index contributed by atoms with van der Waals surface area (Å²) in [4.78, 5) is 15.3. The maximum absolute atomic E-state index is 13.2. The molecule has 2 aliphatic carbocycles. The molecule has 1 aromatic heterocycles. The van der Waals surface area contributed by atoms with Gasteiger partial charge < -0.3 is 5.32 Å². The maximum atomic E-state index is 13.2. The van der Waals surface area contributed by atoms with Gasteiger partial charge in [0.25, 0.3) is 5.91 Å². The van der Waals surface area contributed by atoms with Crippen LogP contribution in [0.1, 0.15) is 29.6 Å². The van der Waals surface area contributed by atoms with E-state index < -0.39 is 5.82 Å². The Hall–Kier alpha value is -1.45. The molecular formula is C11H11FN2O. The van der Waals surface area contributed by atoms with Crippen LogP contribution >= 0.6 is 0 Å². The van der Waals surface area contributed by atoms with E-state index in [0.717, 1.165) is 12.6 Å². The Morgan fingerprint density at radius 2 is 2.40 bits per heavy atom. The van der Waals surface area contributed by atoms with Gasteiger partial charge in [-0.3, -0.25) is 9.78 Å². The molecule has 1 heterocycles. The van der Waals surface area contributed by atoms with Crippen molar-refractivity contribution in [3.05, 3.63) is 29.8 Å². The Morgan fingerprint density at radius 1 is 1.60 bits per heavy atom. The lowest BCUT2D eigenvalue weighted by atomic mass is 10.2. The van der Waals surface area contributed by atoms with Gasteiger partial charge in [-0.15, -0.1) is 0 Å². The maximum Gasteiger partial charge on any atom is 0.254 e. The van der Waals surface area contributed by atoms with Gasteiger partial charge in [-0.25, -0.2) is 4.39 Å². The first-order chi connectivity index (χ1) is 7.21. The molecule has 0 aliphatic heterocycles. The number of rotatable bonds is 2. The smallest absolute Gasteiger partial charge is 0.254 e. The number of nitrogens with one attached hydrogen (secondary N) is 1. The highest BCUT2D eigenvalue weighted by Gasteiger charge is 2.63. The average molecular weight is 206 g/mol. The fraction of sp³-hybridized carbons (Fsp3) is 0.455. The fourth-order valence-electron chi connectivity index (χ4n) is 2.06. The number of carbonyl (C=O) groups excluding carboxylic acids is 1. The Balaban J connectivity index is 1.72. The third-order valence-electron chi connectivity index (χ3n) is 3.40. The van der Waals surface area contributed by atoms with Crippen LogP contribution in [0.2, 0.25) is 0 Å². The third kappa shape index (κ3) is 1.40. The summed E-state index contributed by atoms with van der Waals surface area (Å²) in [7, 11) is 0. The van der Waals surface area contributed by atoms with Gasteiger partial charge in [0.05, 0.1) is 11.8 Å². The summed E-state index contributed by atoms with van der Waals surface area (Å²) in [5.74, 6) is -0.871. The number of carbonyl (C=O) groups is 1. The Morgan fingerprint density at radius 3 is 3.00 bits per heavy atom. The van der Waals surface area contributed by atoms with Crippen LogP contribution in [0.4, 0.5) is 4.39 Å². The number of nitrogens with zero attached hydrogens (tertiary/aromatic N) is 1. The Bertz CT molecular complexity index is 428. The van der Waals surface area contributed by atoms with Crippen molar-refractivity contribution in [2.45, 2.75) is 25.3 Å². The molecule has 1 unspecified atom stereocenters. The van der Waals surface area contributed by atoms with Crippen LogP contribution in [0.25, 0.3) is 0 Å². The first-order valence-electron chi connectivity index (χ1n) is 5.12. The molecule has 1 N–H and O–H groups in total. The van der Waals surface area contributed by atoms with E-state index in [4.69, 9.17) is 0 Å². The van der Waals surface area contributed by atoms with Crippen molar-refractivity contribution in [2.24, 2.45) is 5.41 Å². The molecule has 2 fully saturated rings. The molecule has 0 radical (unpaired) electrons. The molecule has 1 aromatic rings. The lowest BCUT2D eigenvalue weighted by Crippen LogP contribution is -2.27. The predicted molar refractivity (Wildman–Crippen MR) is 51.7 cm³/mol. The molecule has 1 spiro atoms. The average Bonchev–Trinajstić information content (AvgIpc) is 3.10. The number of halogens is 1. The van der Waals surface area contributed by atoms with Crippen molar-refractivity contribution in [1.82, 2.24) is 10.3 Å². The van der Waals surface area contributed by atoms with Crippen LogP contribution in [0.15, 0.2) is 18.5 Å². The fourth-order valence-corrected chi connectivity index (χ4v) is 2.06. The first-order valence-corrected chi connectivity index (χ1v) is 5.12. The molecule has 2 saturated carbocycles. The van der Waals surface area contributed by atoms with E-state index in [0.29, 0.717) is 5.41 Å². The van der Waals surface area contributed by atoms with Gasteiger partial charge in [0.2, 0.25) is 0 Å². The number of hydrogen-bond acceptors (Lipinski definition) is 2. The van der Waals surface area contributed by atoms with Crippen molar-refractivity contribution in [2.75, 3.05) is 0 Å². The van der Waals surface area contributed by atoms with E-state index >= 15 is 0 Å². The van der Waals surface area contributed by atoms with Crippen molar-refractivity contribution in [3.63, 3.8) is 0 Å². The molecule has 3 nitrogen and oxygen atoms in total. The minimum absolute atomic E-state index is 0.0905. The molecule has 0 bridgehead atoms. The molecule has 3 rings (SSSR count). The minimum Gasteiger partial charge on any atom is -0.349 e. The van der Waals surface area contributed by atoms with Crippen molar-refractivity contribution >= 4 is 5.91 Å². The number of pyridine rings is 1. The highest BCUT2D eigenvalue weighted by atomic mass is 19.1. The molecule has 1 atom stereocenters. The second-order valence-electron chi connectivity index (χ2n) is 4.45. The number of aromatic nitrogens is 1. The normalized spacial score (nSPS) is 25.0. The van der Waals surface area contributed by atoms with Gasteiger partial charge in [-0.1, -0.05) is 0 Å². The van der Waals surface area contributed by atoms with Crippen molar-refractivity contribution in [3.8, 4) is 0 Å². The lowest BCUT2D eigenvalue weighted by Gasteiger charge is -2.04. The molecule has 1 amide bonds. The minimum atomic E-state index is -0.555. The second kappa shape index (κ2) is 2.78. The zero-order chi connectivity index (χ0) is 10.5. The van der Waals surface area contributed by atoms with Gasteiger partial charge in [0, 0.05) is 12.2 Å². The second-order valence-corrected chi connectivity index (χ2v) is 4.45. The third-order valence-corrected chi connectivity index (χ3v) is 3.40. The lowest BCUT2D eigenvalue weighted by molar-refractivity contribution is 0.0944. The molecule has 15 heavy (non-hydrogen) atoms. The highest BCUT2D eigenvalue weighted by Crippen LogP contribution is 2.65. The van der Waals surface area contributed by atoms with Crippen LogP contribution in [-0.2, 0) is 0 Å². The molecule has 78 valence electrons. The number of amides is 1. The Kier molecular flexibility index (Phi) is 1.63. The zero-order valence-electron chi connectivity index (χ0n) is 8.16. The van der Waals surface area contributed by atoms with Gasteiger partial charge in [-0.05, 0) is 30.7 Å².